The molecule has 2 aromatic rings. The molecule has 31 heavy (non-hydrogen) atoms. The van der Waals surface area contributed by atoms with Crippen LogP contribution in [0, 0.1) is 5.82 Å². The van der Waals surface area contributed by atoms with E-state index in [1.165, 1.54) is 12.1 Å². The normalized spacial score (nSPS) is 19.2. The van der Waals surface area contributed by atoms with Crippen LogP contribution in [0.2, 0.25) is 0 Å². The summed E-state index contributed by atoms with van der Waals surface area (Å²) in [6.45, 7) is 8.18. The average molecular weight is 429 g/mol. The molecule has 1 aliphatic heterocycles. The van der Waals surface area contributed by atoms with Gasteiger partial charge in [-0.2, -0.15) is 0 Å². The average Bonchev–Trinajstić information content (AvgIpc) is 2.76. The van der Waals surface area contributed by atoms with Crippen molar-refractivity contribution in [2.45, 2.75) is 39.4 Å². The van der Waals surface area contributed by atoms with Crippen molar-refractivity contribution in [2.24, 2.45) is 0 Å². The van der Waals surface area contributed by atoms with Crippen molar-refractivity contribution in [3.8, 4) is 5.75 Å². The SMILES string of the molecule is CCOC(=O)c1ccc(OCC(=O)N2CC(C)N(Cc3ccc(F)cc3)CC2C)cc1. The number of halogens is 1. The predicted molar refractivity (Wildman–Crippen MR) is 115 cm³/mol. The Morgan fingerprint density at radius 3 is 2.32 bits per heavy atom. The molecule has 7 heteroatoms. The number of hydrogen-bond donors (Lipinski definition) is 0. The zero-order valence-corrected chi connectivity index (χ0v) is 18.2. The lowest BCUT2D eigenvalue weighted by Crippen LogP contribution is -2.58. The standard InChI is InChI=1S/C24H29FN2O4/c1-4-30-24(29)20-7-11-22(12-8-20)31-16-23(28)27-14-17(2)26(13-18(27)3)15-19-5-9-21(25)10-6-19/h5-12,17-18H,4,13-16H2,1-3H3. The highest BCUT2D eigenvalue weighted by molar-refractivity contribution is 5.89. The van der Waals surface area contributed by atoms with Gasteiger partial charge in [0, 0.05) is 31.7 Å². The first kappa shape index (κ1) is 22.7. The molecule has 2 atom stereocenters. The van der Waals surface area contributed by atoms with Gasteiger partial charge in [-0.3, -0.25) is 9.69 Å². The molecule has 1 aliphatic rings. The smallest absolute Gasteiger partial charge is 0.338 e. The van der Waals surface area contributed by atoms with Gasteiger partial charge in [0.1, 0.15) is 11.6 Å². The van der Waals surface area contributed by atoms with Crippen LogP contribution in [0.1, 0.15) is 36.7 Å². The minimum absolute atomic E-state index is 0.0407. The van der Waals surface area contributed by atoms with Crippen LogP contribution in [-0.4, -0.2) is 60.1 Å². The number of ether oxygens (including phenoxy) is 2. The molecule has 1 saturated heterocycles. The Balaban J connectivity index is 1.51. The molecule has 2 aromatic carbocycles. The molecule has 6 nitrogen and oxygen atoms in total. The molecule has 0 aromatic heterocycles. The summed E-state index contributed by atoms with van der Waals surface area (Å²) in [6, 6.07) is 13.3. The lowest BCUT2D eigenvalue weighted by molar-refractivity contribution is -0.139. The summed E-state index contributed by atoms with van der Waals surface area (Å²) in [5, 5.41) is 0. The molecular weight excluding hydrogens is 399 g/mol. The molecule has 0 spiro atoms. The Morgan fingerprint density at radius 1 is 1.00 bits per heavy atom. The topological polar surface area (TPSA) is 59.1 Å². The summed E-state index contributed by atoms with van der Waals surface area (Å²) in [4.78, 5) is 28.6. The Bertz CT molecular complexity index is 885. The van der Waals surface area contributed by atoms with E-state index in [4.69, 9.17) is 9.47 Å². The molecule has 0 radical (unpaired) electrons. The Kier molecular flexibility index (Phi) is 7.63. The first-order valence-corrected chi connectivity index (χ1v) is 10.5. The van der Waals surface area contributed by atoms with Crippen molar-refractivity contribution in [3.63, 3.8) is 0 Å². The van der Waals surface area contributed by atoms with Crippen LogP contribution in [-0.2, 0) is 16.1 Å². The lowest BCUT2D eigenvalue weighted by atomic mass is 10.1. The summed E-state index contributed by atoms with van der Waals surface area (Å²) in [6.07, 6.45) is 0. The Morgan fingerprint density at radius 2 is 1.68 bits per heavy atom. The van der Waals surface area contributed by atoms with Gasteiger partial charge in [-0.25, -0.2) is 9.18 Å². The van der Waals surface area contributed by atoms with Crippen LogP contribution >= 0.6 is 0 Å². The van der Waals surface area contributed by atoms with E-state index in [2.05, 4.69) is 11.8 Å². The zero-order valence-electron chi connectivity index (χ0n) is 18.2. The quantitative estimate of drug-likeness (QED) is 0.632. The highest BCUT2D eigenvalue weighted by Gasteiger charge is 2.32. The van der Waals surface area contributed by atoms with Crippen LogP contribution in [0.25, 0.3) is 0 Å². The van der Waals surface area contributed by atoms with E-state index in [1.54, 1.807) is 43.3 Å². The molecule has 0 bridgehead atoms. The molecule has 1 heterocycles. The van der Waals surface area contributed by atoms with E-state index in [-0.39, 0.29) is 36.4 Å². The van der Waals surface area contributed by atoms with Crippen molar-refractivity contribution in [3.05, 3.63) is 65.5 Å². The van der Waals surface area contributed by atoms with Gasteiger partial charge < -0.3 is 14.4 Å². The molecule has 166 valence electrons. The minimum Gasteiger partial charge on any atom is -0.484 e. The number of carbonyl (C=O) groups is 2. The second-order valence-electron chi connectivity index (χ2n) is 7.83. The summed E-state index contributed by atoms with van der Waals surface area (Å²) >= 11 is 0. The van der Waals surface area contributed by atoms with Crippen LogP contribution in [0.5, 0.6) is 5.75 Å². The van der Waals surface area contributed by atoms with E-state index in [9.17, 15) is 14.0 Å². The minimum atomic E-state index is -0.383. The first-order valence-electron chi connectivity index (χ1n) is 10.5. The van der Waals surface area contributed by atoms with Gasteiger partial charge in [0.25, 0.3) is 5.91 Å². The number of carbonyl (C=O) groups excluding carboxylic acids is 2. The van der Waals surface area contributed by atoms with Gasteiger partial charge in [0.15, 0.2) is 6.61 Å². The van der Waals surface area contributed by atoms with Crippen LogP contribution in [0.3, 0.4) is 0 Å². The monoisotopic (exact) mass is 428 g/mol. The maximum Gasteiger partial charge on any atom is 0.338 e. The van der Waals surface area contributed by atoms with Crippen molar-refractivity contribution in [1.82, 2.24) is 9.80 Å². The number of amides is 1. The zero-order chi connectivity index (χ0) is 22.4. The summed E-state index contributed by atoms with van der Waals surface area (Å²) in [5.41, 5.74) is 1.50. The highest BCUT2D eigenvalue weighted by Crippen LogP contribution is 2.19. The van der Waals surface area contributed by atoms with Crippen molar-refractivity contribution in [2.75, 3.05) is 26.3 Å². The van der Waals surface area contributed by atoms with E-state index in [0.717, 1.165) is 18.7 Å². The van der Waals surface area contributed by atoms with E-state index < -0.39 is 0 Å². The molecule has 0 saturated carbocycles. The number of hydrogen-bond acceptors (Lipinski definition) is 5. The molecule has 0 aliphatic carbocycles. The second kappa shape index (κ2) is 10.4. The lowest BCUT2D eigenvalue weighted by Gasteiger charge is -2.44. The fourth-order valence-corrected chi connectivity index (χ4v) is 3.72. The third-order valence-electron chi connectivity index (χ3n) is 5.46. The number of nitrogens with zero attached hydrogens (tertiary/aromatic N) is 2. The predicted octanol–water partition coefficient (Wildman–Crippen LogP) is 3.50. The van der Waals surface area contributed by atoms with Crippen molar-refractivity contribution >= 4 is 11.9 Å². The van der Waals surface area contributed by atoms with Crippen LogP contribution in [0.15, 0.2) is 48.5 Å². The van der Waals surface area contributed by atoms with Gasteiger partial charge in [-0.05, 0) is 62.7 Å². The van der Waals surface area contributed by atoms with E-state index in [0.29, 0.717) is 24.5 Å². The molecular formula is C24H29FN2O4. The van der Waals surface area contributed by atoms with Gasteiger partial charge >= 0.3 is 5.97 Å². The third-order valence-corrected chi connectivity index (χ3v) is 5.46. The molecule has 0 N–H and O–H groups in total. The van der Waals surface area contributed by atoms with Crippen LogP contribution in [0.4, 0.5) is 4.39 Å². The van der Waals surface area contributed by atoms with Crippen molar-refractivity contribution in [1.29, 1.82) is 0 Å². The summed E-state index contributed by atoms with van der Waals surface area (Å²) in [7, 11) is 0. The van der Waals surface area contributed by atoms with Gasteiger partial charge in [-0.1, -0.05) is 12.1 Å². The van der Waals surface area contributed by atoms with Crippen LogP contribution < -0.4 is 4.74 Å². The number of esters is 1. The van der Waals surface area contributed by atoms with Gasteiger partial charge in [0.05, 0.1) is 12.2 Å². The van der Waals surface area contributed by atoms with Crippen molar-refractivity contribution < 1.29 is 23.5 Å². The first-order chi connectivity index (χ1) is 14.9. The third kappa shape index (κ3) is 6.04. The van der Waals surface area contributed by atoms with E-state index >= 15 is 0 Å². The molecule has 3 rings (SSSR count). The fraction of sp³-hybridized carbons (Fsp3) is 0.417. The highest BCUT2D eigenvalue weighted by atomic mass is 19.1. The van der Waals surface area contributed by atoms with Gasteiger partial charge in [0.2, 0.25) is 0 Å². The molecule has 1 fully saturated rings. The second-order valence-corrected chi connectivity index (χ2v) is 7.83. The van der Waals surface area contributed by atoms with Gasteiger partial charge in [-0.15, -0.1) is 0 Å². The Hall–Kier alpha value is -2.93. The Labute approximate surface area is 182 Å². The number of piperazine rings is 1. The van der Waals surface area contributed by atoms with E-state index in [1.807, 2.05) is 11.8 Å². The summed E-state index contributed by atoms with van der Waals surface area (Å²) in [5.74, 6) is -0.171. The fourth-order valence-electron chi connectivity index (χ4n) is 3.72. The number of benzene rings is 2. The molecule has 2 unspecified atom stereocenters. The molecule has 1 amide bonds. The maximum atomic E-state index is 13.1. The summed E-state index contributed by atoms with van der Waals surface area (Å²) < 4.78 is 23.7. The number of rotatable bonds is 7. The maximum absolute atomic E-state index is 13.1. The largest absolute Gasteiger partial charge is 0.484 e.